The maximum absolute atomic E-state index is 3.36. The summed E-state index contributed by atoms with van der Waals surface area (Å²) >= 11 is 0. The fourth-order valence-corrected chi connectivity index (χ4v) is 0.844. The molecule has 0 amide bonds. The third-order valence-corrected chi connectivity index (χ3v) is 4.50. The molecule has 0 aromatic rings. The molecule has 1 aliphatic rings. The minimum absolute atomic E-state index is 1.17. The van der Waals surface area contributed by atoms with Crippen LogP contribution in [-0.2, 0) is 0 Å². The van der Waals surface area contributed by atoms with E-state index >= 15 is 0 Å². The minimum Gasteiger partial charge on any atom is -0.120 e. The quantitative estimate of drug-likeness (QED) is 0.325. The van der Waals surface area contributed by atoms with Gasteiger partial charge in [0, 0.05) is 9.85 Å². The monoisotopic (exact) mass is 95.9 g/mol. The average molecular weight is 96.3 g/mol. The van der Waals surface area contributed by atoms with E-state index in [1.54, 1.807) is 0 Å². The fraction of sp³-hybridized carbons (Fsp3) is 0. The lowest BCUT2D eigenvalue weighted by atomic mass is 11.9. The van der Waals surface area contributed by atoms with Gasteiger partial charge in [-0.1, -0.05) is 0 Å². The van der Waals surface area contributed by atoms with Crippen LogP contribution >= 0.6 is 0 Å². The Kier molecular flexibility index (Phi) is 0.503. The molecule has 0 N–H and O–H groups in total. The molecule has 0 aliphatic carbocycles. The van der Waals surface area contributed by atoms with Crippen LogP contribution in [0.5, 0.6) is 0 Å². The van der Waals surface area contributed by atoms with Gasteiger partial charge in [0.25, 0.3) is 0 Å². The molecule has 1 rings (SSSR count). The summed E-state index contributed by atoms with van der Waals surface area (Å²) in [7, 11) is 5.69. The fourth-order valence-electron chi connectivity index (χ4n) is 0.0312. The van der Waals surface area contributed by atoms with Gasteiger partial charge in [0.15, 0.2) is 0 Å². The first-order valence-electron chi connectivity index (χ1n) is 1.00. The first kappa shape index (κ1) is 2.74. The van der Waals surface area contributed by atoms with E-state index in [1.807, 2.05) is 0 Å². The second-order valence-electron chi connectivity index (χ2n) is 0.625. The molecule has 6 radical (unpaired) electrons. The van der Waals surface area contributed by atoms with Crippen molar-refractivity contribution < 1.29 is 0 Å². The molecular formula is CSi3. The van der Waals surface area contributed by atoms with E-state index in [1.165, 1.54) is 22.5 Å². The zero-order valence-corrected chi connectivity index (χ0v) is 5.00. The van der Waals surface area contributed by atoms with Gasteiger partial charge in [-0.15, -0.1) is 4.42 Å². The molecule has 0 aromatic carbocycles. The van der Waals surface area contributed by atoms with Crippen molar-refractivity contribution in [2.75, 3.05) is 0 Å². The molecule has 0 saturated carbocycles. The molecule has 16 valence electrons. The lowest BCUT2D eigenvalue weighted by Gasteiger charge is -1.33. The van der Waals surface area contributed by atoms with Crippen LogP contribution in [0.15, 0.2) is 0 Å². The lowest BCUT2D eigenvalue weighted by molar-refractivity contribution is 4.00. The molecule has 0 atom stereocenters. The Morgan fingerprint density at radius 2 is 1.75 bits per heavy atom. The lowest BCUT2D eigenvalue weighted by Crippen LogP contribution is -1.59. The van der Waals surface area contributed by atoms with Gasteiger partial charge in [-0.3, -0.25) is 0 Å². The average Bonchev–Trinajstić information content (AvgIpc) is 1.75. The van der Waals surface area contributed by atoms with Gasteiger partial charge in [0.2, 0.25) is 0 Å². The predicted octanol–water partition coefficient (Wildman–Crippen LogP) is -1.42. The van der Waals surface area contributed by atoms with Gasteiger partial charge in [0.1, 0.15) is 0 Å². The van der Waals surface area contributed by atoms with Crippen LogP contribution in [-0.4, -0.2) is 32.3 Å². The maximum Gasteiger partial charge on any atom is 0.0512 e. The Morgan fingerprint density at radius 3 is 1.75 bits per heavy atom. The molecule has 1 heterocycles. The van der Waals surface area contributed by atoms with Crippen LogP contribution in [0.4, 0.5) is 0 Å². The van der Waals surface area contributed by atoms with Crippen LogP contribution < -0.4 is 0 Å². The standard InChI is InChI=1S/CSi3/c2-1-3-4-1. The first-order chi connectivity index (χ1) is 1.89. The molecule has 3 heteroatoms. The van der Waals surface area contributed by atoms with Gasteiger partial charge >= 0.3 is 0 Å². The number of hydrogen-bond acceptors (Lipinski definition) is 0. The normalized spacial score (nSPS) is 21.5. The Bertz CT molecular complexity index is 41.2. The second kappa shape index (κ2) is 0.734. The van der Waals surface area contributed by atoms with Crippen molar-refractivity contribution in [2.45, 2.75) is 0 Å². The SMILES string of the molecule is [Si]=C1[Si][Si]1. The molecule has 0 aromatic heterocycles. The van der Waals surface area contributed by atoms with Crippen LogP contribution in [0.25, 0.3) is 0 Å². The Hall–Kier alpha value is 0.521. The van der Waals surface area contributed by atoms with E-state index in [4.69, 9.17) is 0 Å². The minimum atomic E-state index is 1.17. The van der Waals surface area contributed by atoms with Crippen molar-refractivity contribution in [1.82, 2.24) is 0 Å². The van der Waals surface area contributed by atoms with Gasteiger partial charge in [-0.25, -0.2) is 0 Å². The predicted molar refractivity (Wildman–Crippen MR) is 22.3 cm³/mol. The highest BCUT2D eigenvalue weighted by Crippen LogP contribution is 1.74. The van der Waals surface area contributed by atoms with Crippen LogP contribution in [0.1, 0.15) is 0 Å². The van der Waals surface area contributed by atoms with Crippen molar-refractivity contribution in [3.63, 3.8) is 0 Å². The van der Waals surface area contributed by atoms with E-state index in [-0.39, 0.29) is 0 Å². The van der Waals surface area contributed by atoms with E-state index in [9.17, 15) is 0 Å². The number of hydrogen-bond donors (Lipinski definition) is 0. The summed E-state index contributed by atoms with van der Waals surface area (Å²) in [5.41, 5.74) is 0. The Labute approximate surface area is 33.1 Å². The van der Waals surface area contributed by atoms with Gasteiger partial charge in [-0.2, -0.15) is 0 Å². The Balaban J connectivity index is 2.60. The molecule has 1 aliphatic heterocycles. The molecule has 0 bridgehead atoms. The smallest absolute Gasteiger partial charge is 0.0512 e. The van der Waals surface area contributed by atoms with Crippen LogP contribution in [0.3, 0.4) is 0 Å². The topological polar surface area (TPSA) is 0 Å². The Morgan fingerprint density at radius 1 is 1.50 bits per heavy atom. The second-order valence-corrected chi connectivity index (χ2v) is 5.62. The van der Waals surface area contributed by atoms with Gasteiger partial charge < -0.3 is 0 Å². The highest BCUT2D eigenvalue weighted by atomic mass is 29.2. The van der Waals surface area contributed by atoms with Crippen LogP contribution in [0.2, 0.25) is 0 Å². The van der Waals surface area contributed by atoms with Gasteiger partial charge in [0.05, 0.1) is 18.1 Å². The number of rotatable bonds is 0. The molecule has 1 saturated heterocycles. The molecule has 1 fully saturated rings. The van der Waals surface area contributed by atoms with Gasteiger partial charge in [-0.05, 0) is 0 Å². The van der Waals surface area contributed by atoms with Crippen molar-refractivity contribution in [3.8, 4) is 0 Å². The zero-order chi connectivity index (χ0) is 2.99. The highest BCUT2D eigenvalue weighted by molar-refractivity contribution is 7.61. The molecule has 0 spiro atoms. The summed E-state index contributed by atoms with van der Waals surface area (Å²) in [5.74, 6) is 0. The summed E-state index contributed by atoms with van der Waals surface area (Å²) in [6.45, 7) is 0. The van der Waals surface area contributed by atoms with E-state index in [2.05, 4.69) is 9.85 Å². The third-order valence-electron chi connectivity index (χ3n) is 0.250. The highest BCUT2D eigenvalue weighted by Gasteiger charge is 2.08. The van der Waals surface area contributed by atoms with E-state index < -0.39 is 0 Å². The molecular weight excluding hydrogens is 96.3 g/mol. The maximum atomic E-state index is 3.36. The summed E-state index contributed by atoms with van der Waals surface area (Å²) < 4.78 is 1.53. The summed E-state index contributed by atoms with van der Waals surface area (Å²) in [4.78, 5) is 0. The van der Waals surface area contributed by atoms with E-state index in [0.29, 0.717) is 0 Å². The zero-order valence-electron chi connectivity index (χ0n) is 2.00. The van der Waals surface area contributed by atoms with Crippen LogP contribution in [0, 0.1) is 0 Å². The first-order valence-corrected chi connectivity index (χ1v) is 4.50. The van der Waals surface area contributed by atoms with Crippen molar-refractivity contribution in [1.29, 1.82) is 0 Å². The summed E-state index contributed by atoms with van der Waals surface area (Å²) in [5, 5.41) is 0. The van der Waals surface area contributed by atoms with Crippen molar-refractivity contribution in [3.05, 3.63) is 0 Å². The third kappa shape index (κ3) is 0.470. The molecule has 0 unspecified atom stereocenters. The van der Waals surface area contributed by atoms with E-state index in [0.717, 1.165) is 0 Å². The largest absolute Gasteiger partial charge is 0.120 e. The summed E-state index contributed by atoms with van der Waals surface area (Å²) in [6.07, 6.45) is 0. The molecule has 4 heavy (non-hydrogen) atoms. The summed E-state index contributed by atoms with van der Waals surface area (Å²) in [6, 6.07) is 0. The van der Waals surface area contributed by atoms with Crippen molar-refractivity contribution in [2.24, 2.45) is 0 Å². The molecule has 0 nitrogen and oxygen atoms in total. The van der Waals surface area contributed by atoms with Crippen molar-refractivity contribution >= 4 is 32.3 Å².